The maximum Gasteiger partial charge on any atom is 0.248 e. The van der Waals surface area contributed by atoms with E-state index in [0.717, 1.165) is 12.8 Å². The first-order chi connectivity index (χ1) is 8.11. The van der Waals surface area contributed by atoms with Crippen molar-refractivity contribution < 1.29 is 8.78 Å². The number of thioether (sulfide) groups is 1. The molecule has 0 amide bonds. The molecule has 0 aromatic rings. The maximum absolute atomic E-state index is 13.4. The fraction of sp³-hybridized carbons (Fsp3) is 1.00. The molecule has 1 nitrogen and oxygen atoms in total. The van der Waals surface area contributed by atoms with Crippen LogP contribution in [0, 0.1) is 11.8 Å². The predicted molar refractivity (Wildman–Crippen MR) is 69.8 cm³/mol. The molecule has 0 radical (unpaired) electrons. The van der Waals surface area contributed by atoms with E-state index in [2.05, 4.69) is 5.32 Å². The number of nitrogens with one attached hydrogen (secondary N) is 1. The topological polar surface area (TPSA) is 12.0 Å². The molecule has 0 aromatic heterocycles. The Morgan fingerprint density at radius 3 is 2.82 bits per heavy atom. The minimum atomic E-state index is -2.40. The van der Waals surface area contributed by atoms with Crippen LogP contribution in [0.3, 0.4) is 0 Å². The van der Waals surface area contributed by atoms with Gasteiger partial charge in [-0.25, -0.2) is 8.78 Å². The van der Waals surface area contributed by atoms with Gasteiger partial charge in [0.2, 0.25) is 5.92 Å². The van der Waals surface area contributed by atoms with Gasteiger partial charge in [0.05, 0.1) is 0 Å². The number of alkyl halides is 2. The van der Waals surface area contributed by atoms with E-state index < -0.39 is 5.92 Å². The molecule has 2 rings (SSSR count). The van der Waals surface area contributed by atoms with Crippen LogP contribution in [0.4, 0.5) is 8.78 Å². The van der Waals surface area contributed by atoms with Crippen molar-refractivity contribution in [1.82, 2.24) is 5.32 Å². The lowest BCUT2D eigenvalue weighted by Crippen LogP contribution is -2.37. The van der Waals surface area contributed by atoms with E-state index in [1.54, 1.807) is 0 Å². The molecule has 3 atom stereocenters. The summed E-state index contributed by atoms with van der Waals surface area (Å²) in [4.78, 5) is 0. The Hall–Kier alpha value is 0.170. The van der Waals surface area contributed by atoms with Gasteiger partial charge in [-0.1, -0.05) is 0 Å². The third-order valence-corrected chi connectivity index (χ3v) is 5.42. The number of hydrogen-bond acceptors (Lipinski definition) is 2. The van der Waals surface area contributed by atoms with Crippen molar-refractivity contribution in [3.8, 4) is 0 Å². The van der Waals surface area contributed by atoms with Gasteiger partial charge in [0.1, 0.15) is 0 Å². The highest BCUT2D eigenvalue weighted by atomic mass is 32.2. The van der Waals surface area contributed by atoms with E-state index in [1.165, 1.54) is 17.9 Å². The SMILES string of the molecule is CNC(CC1CCCC(F)(F)C1)C1CCSC1. The third-order valence-electron chi connectivity index (χ3n) is 4.23. The van der Waals surface area contributed by atoms with E-state index in [1.807, 2.05) is 18.8 Å². The second-order valence-corrected chi connectivity index (χ2v) is 6.72. The second kappa shape index (κ2) is 5.87. The first-order valence-electron chi connectivity index (χ1n) is 6.73. The Labute approximate surface area is 107 Å². The third kappa shape index (κ3) is 3.82. The van der Waals surface area contributed by atoms with Crippen molar-refractivity contribution in [2.75, 3.05) is 18.6 Å². The largest absolute Gasteiger partial charge is 0.317 e. The first kappa shape index (κ1) is 13.6. The average Bonchev–Trinajstić information content (AvgIpc) is 2.78. The molecule has 1 heterocycles. The smallest absolute Gasteiger partial charge is 0.248 e. The number of hydrogen-bond donors (Lipinski definition) is 1. The quantitative estimate of drug-likeness (QED) is 0.832. The highest BCUT2D eigenvalue weighted by Gasteiger charge is 2.37. The van der Waals surface area contributed by atoms with E-state index in [9.17, 15) is 8.78 Å². The summed E-state index contributed by atoms with van der Waals surface area (Å²) in [6.07, 6.45) is 4.11. The molecule has 1 aliphatic heterocycles. The van der Waals surface area contributed by atoms with E-state index in [-0.39, 0.29) is 18.8 Å². The molecule has 2 aliphatic rings. The van der Waals surface area contributed by atoms with Gasteiger partial charge in [-0.05, 0) is 56.1 Å². The molecule has 1 saturated carbocycles. The van der Waals surface area contributed by atoms with Gasteiger partial charge < -0.3 is 5.32 Å². The zero-order chi connectivity index (χ0) is 12.3. The molecule has 17 heavy (non-hydrogen) atoms. The normalized spacial score (nSPS) is 34.8. The van der Waals surface area contributed by atoms with Gasteiger partial charge in [0.25, 0.3) is 0 Å². The monoisotopic (exact) mass is 263 g/mol. The van der Waals surface area contributed by atoms with Crippen molar-refractivity contribution in [1.29, 1.82) is 0 Å². The van der Waals surface area contributed by atoms with Crippen LogP contribution >= 0.6 is 11.8 Å². The summed E-state index contributed by atoms with van der Waals surface area (Å²) in [7, 11) is 1.98. The van der Waals surface area contributed by atoms with Crippen LogP contribution in [-0.2, 0) is 0 Å². The molecule has 2 fully saturated rings. The molecular formula is C13H23F2NS. The summed E-state index contributed by atoms with van der Waals surface area (Å²) in [5, 5.41) is 3.36. The van der Waals surface area contributed by atoms with Gasteiger partial charge in [0, 0.05) is 18.9 Å². The van der Waals surface area contributed by atoms with E-state index in [0.29, 0.717) is 18.4 Å². The lowest BCUT2D eigenvalue weighted by atomic mass is 9.80. The zero-order valence-electron chi connectivity index (χ0n) is 10.6. The lowest BCUT2D eigenvalue weighted by Gasteiger charge is -2.33. The molecule has 1 N–H and O–H groups in total. The van der Waals surface area contributed by atoms with E-state index >= 15 is 0 Å². The molecule has 1 saturated heterocycles. The van der Waals surface area contributed by atoms with Crippen molar-refractivity contribution in [2.45, 2.75) is 50.5 Å². The fourth-order valence-corrected chi connectivity index (χ4v) is 4.59. The average molecular weight is 263 g/mol. The molecular weight excluding hydrogens is 240 g/mol. The molecule has 0 aromatic carbocycles. The maximum atomic E-state index is 13.4. The Bertz CT molecular complexity index is 242. The van der Waals surface area contributed by atoms with Crippen LogP contribution in [0.5, 0.6) is 0 Å². The first-order valence-corrected chi connectivity index (χ1v) is 7.89. The van der Waals surface area contributed by atoms with Crippen LogP contribution in [0.1, 0.15) is 38.5 Å². The van der Waals surface area contributed by atoms with Crippen molar-refractivity contribution >= 4 is 11.8 Å². The lowest BCUT2D eigenvalue weighted by molar-refractivity contribution is -0.0553. The summed E-state index contributed by atoms with van der Waals surface area (Å²) in [6, 6.07) is 0.448. The summed E-state index contributed by atoms with van der Waals surface area (Å²) < 4.78 is 26.7. The Morgan fingerprint density at radius 2 is 2.24 bits per heavy atom. The molecule has 4 heteroatoms. The highest BCUT2D eigenvalue weighted by molar-refractivity contribution is 7.99. The van der Waals surface area contributed by atoms with Gasteiger partial charge >= 0.3 is 0 Å². The van der Waals surface area contributed by atoms with Crippen LogP contribution in [0.25, 0.3) is 0 Å². The molecule has 100 valence electrons. The predicted octanol–water partition coefficient (Wildman–Crippen LogP) is 3.54. The second-order valence-electron chi connectivity index (χ2n) is 5.57. The molecule has 0 bridgehead atoms. The molecule has 0 spiro atoms. The van der Waals surface area contributed by atoms with Crippen molar-refractivity contribution in [3.63, 3.8) is 0 Å². The van der Waals surface area contributed by atoms with Gasteiger partial charge in [-0.2, -0.15) is 11.8 Å². The number of halogens is 2. The minimum absolute atomic E-state index is 0.104. The molecule has 1 aliphatic carbocycles. The number of rotatable bonds is 4. The highest BCUT2D eigenvalue weighted by Crippen LogP contribution is 2.40. The Morgan fingerprint density at radius 1 is 1.41 bits per heavy atom. The summed E-state index contributed by atoms with van der Waals surface area (Å²) in [5.41, 5.74) is 0. The van der Waals surface area contributed by atoms with Crippen molar-refractivity contribution in [3.05, 3.63) is 0 Å². The van der Waals surface area contributed by atoms with E-state index in [4.69, 9.17) is 0 Å². The minimum Gasteiger partial charge on any atom is -0.317 e. The van der Waals surface area contributed by atoms with Crippen LogP contribution < -0.4 is 5.32 Å². The summed E-state index contributed by atoms with van der Waals surface area (Å²) in [5.74, 6) is 0.964. The Kier molecular flexibility index (Phi) is 4.70. The Balaban J connectivity index is 1.85. The van der Waals surface area contributed by atoms with Crippen LogP contribution in [0.2, 0.25) is 0 Å². The van der Waals surface area contributed by atoms with Gasteiger partial charge in [-0.15, -0.1) is 0 Å². The zero-order valence-corrected chi connectivity index (χ0v) is 11.4. The summed E-state index contributed by atoms with van der Waals surface area (Å²) >= 11 is 2.00. The van der Waals surface area contributed by atoms with Gasteiger partial charge in [0.15, 0.2) is 0 Å². The standard InChI is InChI=1S/C13H23F2NS/c1-16-12(11-4-6-17-9-11)7-10-3-2-5-13(14,15)8-10/h10-12,16H,2-9H2,1H3. The van der Waals surface area contributed by atoms with Crippen LogP contribution in [0.15, 0.2) is 0 Å². The van der Waals surface area contributed by atoms with Crippen molar-refractivity contribution in [2.24, 2.45) is 11.8 Å². The fourth-order valence-electron chi connectivity index (χ4n) is 3.25. The van der Waals surface area contributed by atoms with Crippen LogP contribution in [-0.4, -0.2) is 30.5 Å². The molecule has 3 unspecified atom stereocenters. The summed E-state index contributed by atoms with van der Waals surface area (Å²) in [6.45, 7) is 0. The van der Waals surface area contributed by atoms with Gasteiger partial charge in [-0.3, -0.25) is 0 Å².